The number of benzene rings is 1. The maximum Gasteiger partial charge on any atom is 0.119 e. The largest absolute Gasteiger partial charge is 0.491 e. The molecule has 3 nitrogen and oxygen atoms in total. The number of hydrogen-bond acceptors (Lipinski definition) is 3. The first-order valence-corrected chi connectivity index (χ1v) is 5.70. The van der Waals surface area contributed by atoms with Crippen molar-refractivity contribution in [3.8, 4) is 5.75 Å². The van der Waals surface area contributed by atoms with Gasteiger partial charge in [-0.3, -0.25) is 0 Å². The second kappa shape index (κ2) is 4.44. The van der Waals surface area contributed by atoms with Crippen molar-refractivity contribution >= 4 is 0 Å². The highest BCUT2D eigenvalue weighted by Gasteiger charge is 2.38. The van der Waals surface area contributed by atoms with Gasteiger partial charge in [0.2, 0.25) is 0 Å². The predicted molar refractivity (Wildman–Crippen MR) is 63.8 cm³/mol. The molecule has 2 rings (SSSR count). The van der Waals surface area contributed by atoms with Crippen LogP contribution in [-0.2, 0) is 10.3 Å². The summed E-state index contributed by atoms with van der Waals surface area (Å²) in [7, 11) is 1.97. The zero-order chi connectivity index (χ0) is 11.6. The van der Waals surface area contributed by atoms with Gasteiger partial charge in [0.15, 0.2) is 0 Å². The van der Waals surface area contributed by atoms with Crippen LogP contribution in [0.2, 0.25) is 0 Å². The van der Waals surface area contributed by atoms with Crippen LogP contribution in [0.1, 0.15) is 19.4 Å². The molecule has 0 radical (unpaired) electrons. The molecule has 1 aromatic carbocycles. The third-order valence-electron chi connectivity index (χ3n) is 2.95. The van der Waals surface area contributed by atoms with E-state index in [1.807, 2.05) is 33.0 Å². The minimum absolute atomic E-state index is 0.0103. The van der Waals surface area contributed by atoms with Crippen molar-refractivity contribution in [1.29, 1.82) is 0 Å². The highest BCUT2D eigenvalue weighted by molar-refractivity contribution is 5.33. The average Bonchev–Trinajstić information content (AvgIpc) is 2.19. The normalized spacial score (nSPS) is 18.2. The monoisotopic (exact) mass is 221 g/mol. The molecule has 1 heterocycles. The molecule has 1 aliphatic heterocycles. The van der Waals surface area contributed by atoms with Crippen molar-refractivity contribution in [2.24, 2.45) is 0 Å². The van der Waals surface area contributed by atoms with Crippen LogP contribution in [0.25, 0.3) is 0 Å². The molecule has 1 saturated heterocycles. The first kappa shape index (κ1) is 11.4. The molecule has 16 heavy (non-hydrogen) atoms. The topological polar surface area (TPSA) is 30.5 Å². The van der Waals surface area contributed by atoms with Crippen LogP contribution in [0.4, 0.5) is 0 Å². The van der Waals surface area contributed by atoms with E-state index in [9.17, 15) is 0 Å². The third-order valence-corrected chi connectivity index (χ3v) is 2.95. The molecule has 0 aromatic heterocycles. The fraction of sp³-hybridized carbons (Fsp3) is 0.538. The van der Waals surface area contributed by atoms with E-state index in [1.54, 1.807) is 0 Å². The van der Waals surface area contributed by atoms with Crippen LogP contribution in [0, 0.1) is 0 Å². The van der Waals surface area contributed by atoms with Crippen molar-refractivity contribution in [3.63, 3.8) is 0 Å². The number of likely N-dealkylation sites (N-methyl/N-ethyl adjacent to an activating group) is 1. The van der Waals surface area contributed by atoms with Gasteiger partial charge in [-0.05, 0) is 38.6 Å². The summed E-state index contributed by atoms with van der Waals surface area (Å²) in [6, 6.07) is 8.26. The Balaban J connectivity index is 2.12. The molecule has 0 spiro atoms. The Bertz CT molecular complexity index is 336. The Labute approximate surface area is 96.8 Å². The van der Waals surface area contributed by atoms with E-state index >= 15 is 0 Å². The molecule has 88 valence electrons. The maximum atomic E-state index is 5.62. The van der Waals surface area contributed by atoms with Crippen LogP contribution in [-0.4, -0.2) is 26.4 Å². The van der Waals surface area contributed by atoms with Crippen molar-refractivity contribution in [1.82, 2.24) is 5.32 Å². The van der Waals surface area contributed by atoms with Gasteiger partial charge in [-0.2, -0.15) is 0 Å². The molecule has 0 amide bonds. The quantitative estimate of drug-likeness (QED) is 0.842. The summed E-state index contributed by atoms with van der Waals surface area (Å²) in [6.45, 7) is 5.55. The molecule has 0 atom stereocenters. The number of hydrogen-bond donors (Lipinski definition) is 1. The molecule has 1 aromatic rings. The van der Waals surface area contributed by atoms with E-state index in [-0.39, 0.29) is 11.6 Å². The third kappa shape index (κ3) is 2.06. The van der Waals surface area contributed by atoms with E-state index in [4.69, 9.17) is 9.47 Å². The van der Waals surface area contributed by atoms with Gasteiger partial charge < -0.3 is 14.8 Å². The minimum atomic E-state index is 0.0103. The lowest BCUT2D eigenvalue weighted by atomic mass is 9.88. The van der Waals surface area contributed by atoms with Crippen LogP contribution in [0.5, 0.6) is 5.75 Å². The molecule has 3 heteroatoms. The molecular formula is C13H19NO2. The Kier molecular flexibility index (Phi) is 3.17. The van der Waals surface area contributed by atoms with Crippen LogP contribution >= 0.6 is 0 Å². The number of nitrogens with one attached hydrogen (secondary N) is 1. The lowest BCUT2D eigenvalue weighted by molar-refractivity contribution is -0.0748. The average molecular weight is 221 g/mol. The fourth-order valence-corrected chi connectivity index (χ4v) is 1.89. The van der Waals surface area contributed by atoms with Gasteiger partial charge in [-0.1, -0.05) is 12.1 Å². The fourth-order valence-electron chi connectivity index (χ4n) is 1.89. The Hall–Kier alpha value is -1.06. The number of rotatable bonds is 4. The molecular weight excluding hydrogens is 202 g/mol. The Morgan fingerprint density at radius 1 is 1.25 bits per heavy atom. The lowest BCUT2D eigenvalue weighted by Gasteiger charge is -2.41. The molecule has 0 unspecified atom stereocenters. The highest BCUT2D eigenvalue weighted by Crippen LogP contribution is 2.30. The summed E-state index contributed by atoms with van der Waals surface area (Å²) in [5.74, 6) is 0.922. The summed E-state index contributed by atoms with van der Waals surface area (Å²) < 4.78 is 10.9. The molecule has 0 bridgehead atoms. The lowest BCUT2D eigenvalue weighted by Crippen LogP contribution is -2.56. The Morgan fingerprint density at radius 3 is 2.25 bits per heavy atom. The molecule has 0 saturated carbocycles. The minimum Gasteiger partial charge on any atom is -0.491 e. The van der Waals surface area contributed by atoms with Crippen LogP contribution in [0.3, 0.4) is 0 Å². The van der Waals surface area contributed by atoms with E-state index in [1.165, 1.54) is 5.56 Å². The Morgan fingerprint density at radius 2 is 1.88 bits per heavy atom. The maximum absolute atomic E-state index is 5.62. The summed E-state index contributed by atoms with van der Waals surface area (Å²) >= 11 is 0. The summed E-state index contributed by atoms with van der Waals surface area (Å²) in [5, 5.41) is 3.33. The second-order valence-corrected chi connectivity index (χ2v) is 4.52. The molecule has 0 aliphatic carbocycles. The zero-order valence-electron chi connectivity index (χ0n) is 10.1. The van der Waals surface area contributed by atoms with Gasteiger partial charge >= 0.3 is 0 Å². The van der Waals surface area contributed by atoms with Gasteiger partial charge in [0, 0.05) is 0 Å². The first-order valence-electron chi connectivity index (χ1n) is 5.70. The first-order chi connectivity index (χ1) is 7.66. The van der Waals surface area contributed by atoms with Crippen molar-refractivity contribution < 1.29 is 9.47 Å². The highest BCUT2D eigenvalue weighted by atomic mass is 16.5. The van der Waals surface area contributed by atoms with Crippen LogP contribution < -0.4 is 10.1 Å². The number of ether oxygens (including phenoxy) is 2. The zero-order valence-corrected chi connectivity index (χ0v) is 10.1. The SMILES string of the molecule is CNC1(c2ccc(OC(C)C)cc2)COC1. The van der Waals surface area contributed by atoms with Gasteiger partial charge in [-0.15, -0.1) is 0 Å². The van der Waals surface area contributed by atoms with E-state index < -0.39 is 0 Å². The van der Waals surface area contributed by atoms with E-state index in [0.717, 1.165) is 19.0 Å². The smallest absolute Gasteiger partial charge is 0.119 e. The second-order valence-electron chi connectivity index (χ2n) is 4.52. The standard InChI is InChI=1S/C13H19NO2/c1-10(2)16-12-6-4-11(5-7-12)13(14-3)8-15-9-13/h4-7,10,14H,8-9H2,1-3H3. The van der Waals surface area contributed by atoms with Crippen molar-refractivity contribution in [3.05, 3.63) is 29.8 Å². The molecule has 1 fully saturated rings. The van der Waals surface area contributed by atoms with Crippen LogP contribution in [0.15, 0.2) is 24.3 Å². The van der Waals surface area contributed by atoms with Crippen molar-refractivity contribution in [2.75, 3.05) is 20.3 Å². The van der Waals surface area contributed by atoms with Gasteiger partial charge in [0.1, 0.15) is 5.75 Å². The summed E-state index contributed by atoms with van der Waals surface area (Å²) in [4.78, 5) is 0. The summed E-state index contributed by atoms with van der Waals surface area (Å²) in [6.07, 6.45) is 0.219. The van der Waals surface area contributed by atoms with E-state index in [2.05, 4.69) is 17.4 Å². The van der Waals surface area contributed by atoms with Gasteiger partial charge in [-0.25, -0.2) is 0 Å². The predicted octanol–water partition coefficient (Wildman–Crippen LogP) is 1.92. The summed E-state index contributed by atoms with van der Waals surface area (Å²) in [5.41, 5.74) is 1.27. The molecule has 1 aliphatic rings. The van der Waals surface area contributed by atoms with Crippen molar-refractivity contribution in [2.45, 2.75) is 25.5 Å². The molecule has 1 N–H and O–H groups in total. The van der Waals surface area contributed by atoms with Gasteiger partial charge in [0.25, 0.3) is 0 Å². The van der Waals surface area contributed by atoms with E-state index in [0.29, 0.717) is 0 Å². The van der Waals surface area contributed by atoms with Gasteiger partial charge in [0.05, 0.1) is 24.9 Å².